The van der Waals surface area contributed by atoms with E-state index in [4.69, 9.17) is 5.73 Å². The Morgan fingerprint density at radius 2 is 1.67 bits per heavy atom. The molecule has 2 atom stereocenters. The van der Waals surface area contributed by atoms with Crippen molar-refractivity contribution >= 4 is 0 Å². The van der Waals surface area contributed by atoms with Gasteiger partial charge in [-0.25, -0.2) is 0 Å². The van der Waals surface area contributed by atoms with Gasteiger partial charge in [-0.2, -0.15) is 0 Å². The van der Waals surface area contributed by atoms with Gasteiger partial charge in [0, 0.05) is 18.1 Å². The van der Waals surface area contributed by atoms with Gasteiger partial charge >= 0.3 is 0 Å². The van der Waals surface area contributed by atoms with E-state index in [0.29, 0.717) is 6.04 Å². The lowest BCUT2D eigenvalue weighted by molar-refractivity contribution is 0.130. The number of likely N-dealkylation sites (N-methyl/N-ethyl adjacent to an activating group) is 1. The van der Waals surface area contributed by atoms with Crippen LogP contribution in [0.25, 0.3) is 0 Å². The van der Waals surface area contributed by atoms with Crippen molar-refractivity contribution in [2.45, 2.75) is 75.9 Å². The molecule has 0 aliphatic heterocycles. The summed E-state index contributed by atoms with van der Waals surface area (Å²) in [4.78, 5) is 2.64. The Bertz CT molecular complexity index is 449. The average molecular weight is 286 g/mol. The van der Waals surface area contributed by atoms with Crippen LogP contribution >= 0.6 is 0 Å². The first-order chi connectivity index (χ1) is 10.3. The number of nitrogens with two attached hydrogens (primary N) is 1. The van der Waals surface area contributed by atoms with Crippen molar-refractivity contribution in [3.8, 4) is 0 Å². The first-order valence-corrected chi connectivity index (χ1v) is 8.82. The van der Waals surface area contributed by atoms with Crippen LogP contribution in [0, 0.1) is 0 Å². The molecule has 116 valence electrons. The molecule has 0 bridgehead atoms. The van der Waals surface area contributed by atoms with Crippen molar-refractivity contribution in [2.75, 3.05) is 7.05 Å². The highest BCUT2D eigenvalue weighted by Crippen LogP contribution is 2.32. The molecule has 1 aromatic rings. The van der Waals surface area contributed by atoms with Crippen LogP contribution in [-0.2, 0) is 6.42 Å². The molecule has 0 saturated heterocycles. The van der Waals surface area contributed by atoms with Crippen LogP contribution in [0.1, 0.15) is 68.5 Å². The molecule has 0 aromatic heterocycles. The van der Waals surface area contributed by atoms with Gasteiger partial charge in [0.05, 0.1) is 0 Å². The predicted octanol–water partition coefficient (Wildman–Crippen LogP) is 4.05. The van der Waals surface area contributed by atoms with E-state index >= 15 is 0 Å². The van der Waals surface area contributed by atoms with Gasteiger partial charge in [-0.05, 0) is 50.3 Å². The fourth-order valence-electron chi connectivity index (χ4n) is 4.37. The molecule has 0 heterocycles. The van der Waals surface area contributed by atoms with Crippen LogP contribution in [0.5, 0.6) is 0 Å². The van der Waals surface area contributed by atoms with Crippen molar-refractivity contribution in [2.24, 2.45) is 5.73 Å². The first-order valence-electron chi connectivity index (χ1n) is 8.82. The fourth-order valence-corrected chi connectivity index (χ4v) is 4.37. The van der Waals surface area contributed by atoms with E-state index < -0.39 is 0 Å². The minimum Gasteiger partial charge on any atom is -0.323 e. The molecule has 2 nitrogen and oxygen atoms in total. The van der Waals surface area contributed by atoms with Crippen LogP contribution < -0.4 is 5.73 Å². The SMILES string of the molecule is CN(C1CCCCCC1)C1CCCc2ccccc2C1N. The van der Waals surface area contributed by atoms with Crippen LogP contribution in [0.4, 0.5) is 0 Å². The van der Waals surface area contributed by atoms with Gasteiger partial charge in [0.1, 0.15) is 0 Å². The summed E-state index contributed by atoms with van der Waals surface area (Å²) in [5.41, 5.74) is 9.56. The molecule has 21 heavy (non-hydrogen) atoms. The summed E-state index contributed by atoms with van der Waals surface area (Å²) in [5.74, 6) is 0. The van der Waals surface area contributed by atoms with E-state index in [-0.39, 0.29) is 6.04 Å². The lowest BCUT2D eigenvalue weighted by atomic mass is 9.94. The Kier molecular flexibility index (Phi) is 4.97. The molecule has 2 aliphatic rings. The Hall–Kier alpha value is -0.860. The van der Waals surface area contributed by atoms with E-state index in [1.165, 1.54) is 68.9 Å². The van der Waals surface area contributed by atoms with E-state index in [9.17, 15) is 0 Å². The molecule has 1 saturated carbocycles. The third-order valence-corrected chi connectivity index (χ3v) is 5.70. The van der Waals surface area contributed by atoms with E-state index in [0.717, 1.165) is 6.04 Å². The maximum atomic E-state index is 6.70. The van der Waals surface area contributed by atoms with E-state index in [1.54, 1.807) is 0 Å². The normalized spacial score (nSPS) is 28.0. The number of fused-ring (bicyclic) bond motifs is 1. The van der Waals surface area contributed by atoms with Gasteiger partial charge in [-0.15, -0.1) is 0 Å². The van der Waals surface area contributed by atoms with Crippen molar-refractivity contribution in [1.29, 1.82) is 0 Å². The molecule has 2 N–H and O–H groups in total. The molecule has 0 amide bonds. The Labute approximate surface area is 129 Å². The molecule has 3 rings (SSSR count). The van der Waals surface area contributed by atoms with Gasteiger partial charge < -0.3 is 5.73 Å². The number of hydrogen-bond acceptors (Lipinski definition) is 2. The molecule has 1 aromatic carbocycles. The molecule has 0 radical (unpaired) electrons. The smallest absolute Gasteiger partial charge is 0.0455 e. The highest BCUT2D eigenvalue weighted by molar-refractivity contribution is 5.32. The zero-order valence-corrected chi connectivity index (χ0v) is 13.4. The van der Waals surface area contributed by atoms with Crippen LogP contribution in [0.3, 0.4) is 0 Å². The molecule has 0 spiro atoms. The van der Waals surface area contributed by atoms with Gasteiger partial charge in [-0.1, -0.05) is 49.9 Å². The monoisotopic (exact) mass is 286 g/mol. The summed E-state index contributed by atoms with van der Waals surface area (Å²) in [7, 11) is 2.33. The highest BCUT2D eigenvalue weighted by Gasteiger charge is 2.31. The van der Waals surface area contributed by atoms with E-state index in [1.807, 2.05) is 0 Å². The van der Waals surface area contributed by atoms with Crippen molar-refractivity contribution < 1.29 is 0 Å². The number of benzene rings is 1. The standard InChI is InChI=1S/C19H30N2/c1-21(16-11-4-2-3-5-12-16)18-14-8-10-15-9-6-7-13-17(15)19(18)20/h6-7,9,13,16,18-19H,2-5,8,10-12,14,20H2,1H3. The van der Waals surface area contributed by atoms with Crippen molar-refractivity contribution in [3.05, 3.63) is 35.4 Å². The van der Waals surface area contributed by atoms with Crippen molar-refractivity contribution in [3.63, 3.8) is 0 Å². The maximum Gasteiger partial charge on any atom is 0.0455 e. The number of rotatable bonds is 2. The fraction of sp³-hybridized carbons (Fsp3) is 0.684. The van der Waals surface area contributed by atoms with Gasteiger partial charge in [0.25, 0.3) is 0 Å². The lowest BCUT2D eigenvalue weighted by Crippen LogP contribution is -2.45. The quantitative estimate of drug-likeness (QED) is 0.656. The molecule has 2 unspecified atom stereocenters. The largest absolute Gasteiger partial charge is 0.323 e. The summed E-state index contributed by atoms with van der Waals surface area (Å²) in [6.07, 6.45) is 12.1. The number of hydrogen-bond donors (Lipinski definition) is 1. The number of nitrogens with zero attached hydrogens (tertiary/aromatic N) is 1. The molecular formula is C19H30N2. The van der Waals surface area contributed by atoms with Gasteiger partial charge in [0.2, 0.25) is 0 Å². The molecule has 2 aliphatic carbocycles. The van der Waals surface area contributed by atoms with Gasteiger partial charge in [0.15, 0.2) is 0 Å². The second-order valence-corrected chi connectivity index (χ2v) is 7.00. The summed E-state index contributed by atoms with van der Waals surface area (Å²) in [6, 6.07) is 10.2. The Balaban J connectivity index is 1.78. The minimum atomic E-state index is 0.178. The first kappa shape index (κ1) is 15.1. The summed E-state index contributed by atoms with van der Waals surface area (Å²) >= 11 is 0. The minimum absolute atomic E-state index is 0.178. The zero-order chi connectivity index (χ0) is 14.7. The van der Waals surface area contributed by atoms with Crippen LogP contribution in [0.15, 0.2) is 24.3 Å². The highest BCUT2D eigenvalue weighted by atomic mass is 15.2. The Morgan fingerprint density at radius 1 is 0.952 bits per heavy atom. The maximum absolute atomic E-state index is 6.70. The number of aryl methyl sites for hydroxylation is 1. The second-order valence-electron chi connectivity index (χ2n) is 7.00. The average Bonchev–Trinajstić information content (AvgIpc) is 2.87. The van der Waals surface area contributed by atoms with E-state index in [2.05, 4.69) is 36.2 Å². The summed E-state index contributed by atoms with van der Waals surface area (Å²) < 4.78 is 0. The van der Waals surface area contributed by atoms with Crippen LogP contribution in [0.2, 0.25) is 0 Å². The van der Waals surface area contributed by atoms with Gasteiger partial charge in [-0.3, -0.25) is 4.90 Å². The third-order valence-electron chi connectivity index (χ3n) is 5.70. The summed E-state index contributed by atoms with van der Waals surface area (Å²) in [5, 5.41) is 0. The predicted molar refractivity (Wildman–Crippen MR) is 89.3 cm³/mol. The second kappa shape index (κ2) is 6.93. The molecule has 1 fully saturated rings. The molecular weight excluding hydrogens is 256 g/mol. The lowest BCUT2D eigenvalue weighted by Gasteiger charge is -2.37. The third kappa shape index (κ3) is 3.32. The van der Waals surface area contributed by atoms with Crippen molar-refractivity contribution in [1.82, 2.24) is 4.90 Å². The topological polar surface area (TPSA) is 29.3 Å². The zero-order valence-electron chi connectivity index (χ0n) is 13.4. The Morgan fingerprint density at radius 3 is 2.43 bits per heavy atom. The molecule has 2 heteroatoms. The van der Waals surface area contributed by atoms with Crippen LogP contribution in [-0.4, -0.2) is 24.0 Å². The summed E-state index contributed by atoms with van der Waals surface area (Å²) in [6.45, 7) is 0.